The zero-order valence-electron chi connectivity index (χ0n) is 18.0. The second-order valence-corrected chi connectivity index (χ2v) is 7.74. The lowest BCUT2D eigenvalue weighted by Crippen LogP contribution is -2.31. The first-order chi connectivity index (χ1) is 15.6. The van der Waals surface area contributed by atoms with E-state index in [2.05, 4.69) is 15.1 Å². The topological polar surface area (TPSA) is 89.9 Å². The standard InChI is InChI=1S/C23H21F3N6O/c1-14-9-16-10-15(3-6-20(16)30-21(14)27)22(33)32(13-19-7-8-29-31(19)2)12-18-5-4-17(11-28-18)23(24,25)26/h3-11H,12-13H2,1-2H3,(H2,27,30). The molecule has 0 aliphatic carbocycles. The Balaban J connectivity index is 1.66. The maximum atomic E-state index is 13.5. The Labute approximate surface area is 187 Å². The fourth-order valence-electron chi connectivity index (χ4n) is 3.45. The summed E-state index contributed by atoms with van der Waals surface area (Å²) in [5.41, 5.74) is 8.02. The summed E-state index contributed by atoms with van der Waals surface area (Å²) >= 11 is 0. The molecule has 4 aromatic rings. The number of carbonyl (C=O) groups is 1. The molecule has 0 unspecified atom stereocenters. The van der Waals surface area contributed by atoms with Gasteiger partial charge in [-0.15, -0.1) is 0 Å². The van der Waals surface area contributed by atoms with E-state index in [0.717, 1.165) is 28.9 Å². The average molecular weight is 454 g/mol. The number of nitrogens with zero attached hydrogens (tertiary/aromatic N) is 5. The van der Waals surface area contributed by atoms with Gasteiger partial charge in [-0.2, -0.15) is 18.3 Å². The number of pyridine rings is 2. The largest absolute Gasteiger partial charge is 0.417 e. The summed E-state index contributed by atoms with van der Waals surface area (Å²) in [6.07, 6.45) is -2.09. The van der Waals surface area contributed by atoms with Crippen LogP contribution in [0.2, 0.25) is 0 Å². The van der Waals surface area contributed by atoms with Crippen LogP contribution < -0.4 is 5.73 Å². The quantitative estimate of drug-likeness (QED) is 0.490. The third kappa shape index (κ3) is 4.79. The number of nitrogens with two attached hydrogens (primary N) is 1. The molecule has 3 aromatic heterocycles. The molecule has 1 aromatic carbocycles. The van der Waals surface area contributed by atoms with Crippen LogP contribution in [0.3, 0.4) is 0 Å². The number of benzene rings is 1. The minimum atomic E-state index is -4.48. The molecule has 4 rings (SSSR count). The van der Waals surface area contributed by atoms with Crippen LogP contribution in [0.25, 0.3) is 10.9 Å². The van der Waals surface area contributed by atoms with Crippen LogP contribution in [-0.4, -0.2) is 30.6 Å². The number of aromatic nitrogens is 4. The van der Waals surface area contributed by atoms with Crippen LogP contribution in [0, 0.1) is 6.92 Å². The Kier molecular flexibility index (Phi) is 5.75. The molecule has 170 valence electrons. The van der Waals surface area contributed by atoms with Crippen molar-refractivity contribution in [2.24, 2.45) is 7.05 Å². The normalized spacial score (nSPS) is 11.7. The molecule has 1 amide bonds. The molecule has 3 heterocycles. The summed E-state index contributed by atoms with van der Waals surface area (Å²) in [4.78, 5) is 23.2. The number of fused-ring (bicyclic) bond motifs is 1. The number of anilines is 1. The Morgan fingerprint density at radius 3 is 2.55 bits per heavy atom. The predicted octanol–water partition coefficient (Wildman–Crippen LogP) is 4.12. The molecule has 10 heteroatoms. The molecular weight excluding hydrogens is 433 g/mol. The summed E-state index contributed by atoms with van der Waals surface area (Å²) in [7, 11) is 1.75. The van der Waals surface area contributed by atoms with Gasteiger partial charge in [-0.1, -0.05) is 0 Å². The van der Waals surface area contributed by atoms with E-state index in [4.69, 9.17) is 5.73 Å². The number of aryl methyl sites for hydroxylation is 2. The molecule has 2 N–H and O–H groups in total. The summed E-state index contributed by atoms with van der Waals surface area (Å²) in [5, 5.41) is 4.89. The highest BCUT2D eigenvalue weighted by atomic mass is 19.4. The highest BCUT2D eigenvalue weighted by Crippen LogP contribution is 2.28. The summed E-state index contributed by atoms with van der Waals surface area (Å²) in [6.45, 7) is 2.07. The van der Waals surface area contributed by atoms with E-state index in [-0.39, 0.29) is 19.0 Å². The molecule has 33 heavy (non-hydrogen) atoms. The van der Waals surface area contributed by atoms with Gasteiger partial charge in [-0.3, -0.25) is 14.5 Å². The number of amides is 1. The molecule has 0 atom stereocenters. The number of nitrogen functional groups attached to an aromatic ring is 1. The van der Waals surface area contributed by atoms with E-state index in [1.54, 1.807) is 42.2 Å². The third-order valence-electron chi connectivity index (χ3n) is 5.36. The first-order valence-corrected chi connectivity index (χ1v) is 10.1. The van der Waals surface area contributed by atoms with Gasteiger partial charge < -0.3 is 10.6 Å². The smallest absolute Gasteiger partial charge is 0.383 e. The van der Waals surface area contributed by atoms with Gasteiger partial charge in [-0.25, -0.2) is 4.98 Å². The minimum Gasteiger partial charge on any atom is -0.383 e. The second-order valence-electron chi connectivity index (χ2n) is 7.74. The van der Waals surface area contributed by atoms with Crippen LogP contribution in [0.5, 0.6) is 0 Å². The van der Waals surface area contributed by atoms with E-state index in [0.29, 0.717) is 22.6 Å². The van der Waals surface area contributed by atoms with Gasteiger partial charge in [0.05, 0.1) is 35.6 Å². The van der Waals surface area contributed by atoms with Crippen molar-refractivity contribution >= 4 is 22.6 Å². The number of halogens is 3. The van der Waals surface area contributed by atoms with Crippen molar-refractivity contribution in [3.05, 3.63) is 82.9 Å². The molecule has 0 aliphatic heterocycles. The zero-order chi connectivity index (χ0) is 23.8. The highest BCUT2D eigenvalue weighted by Gasteiger charge is 2.30. The predicted molar refractivity (Wildman–Crippen MR) is 117 cm³/mol. The van der Waals surface area contributed by atoms with Crippen molar-refractivity contribution in [2.45, 2.75) is 26.2 Å². The first kappa shape index (κ1) is 22.3. The third-order valence-corrected chi connectivity index (χ3v) is 5.36. The fourth-order valence-corrected chi connectivity index (χ4v) is 3.45. The fraction of sp³-hybridized carbons (Fsp3) is 0.217. The molecule has 0 fully saturated rings. The van der Waals surface area contributed by atoms with Gasteiger partial charge in [0, 0.05) is 30.4 Å². The average Bonchev–Trinajstić information content (AvgIpc) is 3.17. The number of hydrogen-bond acceptors (Lipinski definition) is 5. The van der Waals surface area contributed by atoms with Gasteiger partial charge in [0.1, 0.15) is 5.82 Å². The lowest BCUT2D eigenvalue weighted by atomic mass is 10.1. The van der Waals surface area contributed by atoms with Crippen molar-refractivity contribution in [2.75, 3.05) is 5.73 Å². The van der Waals surface area contributed by atoms with E-state index >= 15 is 0 Å². The van der Waals surface area contributed by atoms with Crippen LogP contribution >= 0.6 is 0 Å². The van der Waals surface area contributed by atoms with Crippen molar-refractivity contribution in [1.29, 1.82) is 0 Å². The second kappa shape index (κ2) is 8.53. The van der Waals surface area contributed by atoms with Gasteiger partial charge in [-0.05, 0) is 55.0 Å². The first-order valence-electron chi connectivity index (χ1n) is 10.1. The van der Waals surface area contributed by atoms with Gasteiger partial charge in [0.15, 0.2) is 0 Å². The maximum absolute atomic E-state index is 13.5. The van der Waals surface area contributed by atoms with Gasteiger partial charge >= 0.3 is 6.18 Å². The van der Waals surface area contributed by atoms with Crippen molar-refractivity contribution in [3.8, 4) is 0 Å². The van der Waals surface area contributed by atoms with Gasteiger partial charge in [0.2, 0.25) is 0 Å². The molecule has 0 aliphatic rings. The highest BCUT2D eigenvalue weighted by molar-refractivity contribution is 5.98. The molecule has 0 saturated carbocycles. The Bertz CT molecular complexity index is 1310. The number of rotatable bonds is 5. The Morgan fingerprint density at radius 2 is 1.91 bits per heavy atom. The van der Waals surface area contributed by atoms with Crippen molar-refractivity contribution in [3.63, 3.8) is 0 Å². The number of alkyl halides is 3. The van der Waals surface area contributed by atoms with Gasteiger partial charge in [0.25, 0.3) is 5.91 Å². The van der Waals surface area contributed by atoms with Crippen LogP contribution in [0.1, 0.15) is 32.9 Å². The van der Waals surface area contributed by atoms with E-state index < -0.39 is 11.7 Å². The molecule has 7 nitrogen and oxygen atoms in total. The zero-order valence-corrected chi connectivity index (χ0v) is 18.0. The van der Waals surface area contributed by atoms with Crippen LogP contribution in [-0.2, 0) is 26.3 Å². The Hall–Kier alpha value is -3.95. The summed E-state index contributed by atoms with van der Waals surface area (Å²) in [6, 6.07) is 11.0. The van der Waals surface area contributed by atoms with Crippen LogP contribution in [0.4, 0.5) is 19.0 Å². The van der Waals surface area contributed by atoms with E-state index in [1.165, 1.54) is 11.0 Å². The van der Waals surface area contributed by atoms with E-state index in [1.807, 2.05) is 13.0 Å². The monoisotopic (exact) mass is 454 g/mol. The van der Waals surface area contributed by atoms with Crippen molar-refractivity contribution in [1.82, 2.24) is 24.6 Å². The van der Waals surface area contributed by atoms with Crippen LogP contribution in [0.15, 0.2) is 54.9 Å². The molecule has 0 radical (unpaired) electrons. The number of carbonyl (C=O) groups excluding carboxylic acids is 1. The Morgan fingerprint density at radius 1 is 1.12 bits per heavy atom. The minimum absolute atomic E-state index is 0.0270. The number of hydrogen-bond donors (Lipinski definition) is 1. The molecule has 0 bridgehead atoms. The molecular formula is C23H21F3N6O. The summed E-state index contributed by atoms with van der Waals surface area (Å²) in [5.74, 6) is 0.127. The lowest BCUT2D eigenvalue weighted by molar-refractivity contribution is -0.137. The SMILES string of the molecule is Cc1cc2cc(C(=O)N(Cc3ccc(C(F)(F)F)cn3)Cc3ccnn3C)ccc2nc1N. The van der Waals surface area contributed by atoms with E-state index in [9.17, 15) is 18.0 Å². The molecule has 0 spiro atoms. The maximum Gasteiger partial charge on any atom is 0.417 e. The van der Waals surface area contributed by atoms with Crippen molar-refractivity contribution < 1.29 is 18.0 Å². The summed E-state index contributed by atoms with van der Waals surface area (Å²) < 4.78 is 40.3. The lowest BCUT2D eigenvalue weighted by Gasteiger charge is -2.23. The molecule has 0 saturated heterocycles.